The molecule has 2 rings (SSSR count). The van der Waals surface area contributed by atoms with Gasteiger partial charge >= 0.3 is 0 Å². The van der Waals surface area contributed by atoms with Crippen LogP contribution in [0.1, 0.15) is 19.3 Å². The van der Waals surface area contributed by atoms with E-state index in [4.69, 9.17) is 10.5 Å². The van der Waals surface area contributed by atoms with Gasteiger partial charge in [-0.15, -0.1) is 0 Å². The number of benzene rings is 1. The van der Waals surface area contributed by atoms with Gasteiger partial charge in [0.25, 0.3) is 0 Å². The van der Waals surface area contributed by atoms with Gasteiger partial charge in [0.15, 0.2) is 0 Å². The van der Waals surface area contributed by atoms with Crippen LogP contribution < -0.4 is 15.8 Å². The molecule has 2 atom stereocenters. The van der Waals surface area contributed by atoms with E-state index in [0.717, 1.165) is 29.5 Å². The normalized spacial score (nSPS) is 22.2. The molecule has 1 aromatic carbocycles. The molecule has 0 bridgehead atoms. The number of hydrogen-bond acceptors (Lipinski definition) is 3. The molecule has 104 valence electrons. The SMILES string of the molecule is N[C@H]1CC[C@@H](C(=O)NCCOc2ccc(Br)cc2)C1. The molecule has 0 aromatic heterocycles. The van der Waals surface area contributed by atoms with Gasteiger partial charge in [0.2, 0.25) is 5.91 Å². The lowest BCUT2D eigenvalue weighted by atomic mass is 10.1. The first-order valence-electron chi connectivity index (χ1n) is 6.57. The number of amides is 1. The van der Waals surface area contributed by atoms with Gasteiger partial charge in [0.05, 0.1) is 6.54 Å². The third kappa shape index (κ3) is 4.51. The van der Waals surface area contributed by atoms with Crippen LogP contribution in [0.25, 0.3) is 0 Å². The lowest BCUT2D eigenvalue weighted by Crippen LogP contribution is -2.33. The summed E-state index contributed by atoms with van der Waals surface area (Å²) in [7, 11) is 0. The maximum Gasteiger partial charge on any atom is 0.223 e. The van der Waals surface area contributed by atoms with Crippen LogP contribution in [0, 0.1) is 5.92 Å². The second-order valence-corrected chi connectivity index (χ2v) is 5.78. The number of carbonyl (C=O) groups is 1. The molecule has 0 saturated heterocycles. The third-order valence-corrected chi connectivity index (χ3v) is 3.86. The highest BCUT2D eigenvalue weighted by molar-refractivity contribution is 9.10. The maximum atomic E-state index is 11.8. The van der Waals surface area contributed by atoms with Gasteiger partial charge in [0.1, 0.15) is 12.4 Å². The van der Waals surface area contributed by atoms with Gasteiger partial charge < -0.3 is 15.8 Å². The summed E-state index contributed by atoms with van der Waals surface area (Å²) in [5.74, 6) is 0.996. The fourth-order valence-corrected chi connectivity index (χ4v) is 2.54. The summed E-state index contributed by atoms with van der Waals surface area (Å²) in [6.07, 6.45) is 2.66. The quantitative estimate of drug-likeness (QED) is 0.814. The average Bonchev–Trinajstić information content (AvgIpc) is 2.83. The Morgan fingerprint density at radius 3 is 2.74 bits per heavy atom. The number of carbonyl (C=O) groups excluding carboxylic acids is 1. The topological polar surface area (TPSA) is 64.4 Å². The average molecular weight is 327 g/mol. The van der Waals surface area contributed by atoms with Crippen LogP contribution >= 0.6 is 15.9 Å². The van der Waals surface area contributed by atoms with Crippen molar-refractivity contribution in [3.05, 3.63) is 28.7 Å². The second-order valence-electron chi connectivity index (χ2n) is 4.86. The Morgan fingerprint density at radius 1 is 1.37 bits per heavy atom. The Morgan fingerprint density at radius 2 is 2.11 bits per heavy atom. The Hall–Kier alpha value is -1.07. The summed E-state index contributed by atoms with van der Waals surface area (Å²) in [5.41, 5.74) is 5.80. The minimum Gasteiger partial charge on any atom is -0.492 e. The van der Waals surface area contributed by atoms with E-state index in [1.807, 2.05) is 24.3 Å². The lowest BCUT2D eigenvalue weighted by Gasteiger charge is -2.11. The molecule has 1 aromatic rings. The molecular weight excluding hydrogens is 308 g/mol. The Bertz CT molecular complexity index is 422. The molecule has 5 heteroatoms. The Kier molecular flexibility index (Phi) is 5.22. The molecule has 1 aliphatic rings. The van der Waals surface area contributed by atoms with E-state index in [9.17, 15) is 4.79 Å². The standard InChI is InChI=1S/C14H19BrN2O2/c15-11-2-5-13(6-3-11)19-8-7-17-14(18)10-1-4-12(16)9-10/h2-3,5-6,10,12H,1,4,7-9,16H2,(H,17,18)/t10-,12+/m1/s1. The zero-order chi connectivity index (χ0) is 13.7. The molecule has 0 aliphatic heterocycles. The van der Waals surface area contributed by atoms with Crippen molar-refractivity contribution in [2.45, 2.75) is 25.3 Å². The minimum absolute atomic E-state index is 0.0858. The molecule has 0 heterocycles. The van der Waals surface area contributed by atoms with E-state index in [1.165, 1.54) is 0 Å². The number of nitrogens with two attached hydrogens (primary N) is 1. The highest BCUT2D eigenvalue weighted by atomic mass is 79.9. The lowest BCUT2D eigenvalue weighted by molar-refractivity contribution is -0.124. The van der Waals surface area contributed by atoms with E-state index in [0.29, 0.717) is 13.2 Å². The molecule has 0 spiro atoms. The van der Waals surface area contributed by atoms with Crippen molar-refractivity contribution in [2.75, 3.05) is 13.2 Å². The smallest absolute Gasteiger partial charge is 0.223 e. The number of ether oxygens (including phenoxy) is 1. The summed E-state index contributed by atoms with van der Waals surface area (Å²) in [4.78, 5) is 11.8. The van der Waals surface area contributed by atoms with Gasteiger partial charge in [-0.25, -0.2) is 0 Å². The van der Waals surface area contributed by atoms with Gasteiger partial charge in [-0.2, -0.15) is 0 Å². The number of rotatable bonds is 5. The molecule has 19 heavy (non-hydrogen) atoms. The molecular formula is C14H19BrN2O2. The summed E-state index contributed by atoms with van der Waals surface area (Å²) < 4.78 is 6.55. The molecule has 1 aliphatic carbocycles. The summed E-state index contributed by atoms with van der Waals surface area (Å²) in [5, 5.41) is 2.90. The van der Waals surface area contributed by atoms with E-state index in [1.54, 1.807) is 0 Å². The van der Waals surface area contributed by atoms with Crippen LogP contribution in [0.15, 0.2) is 28.7 Å². The van der Waals surface area contributed by atoms with Gasteiger partial charge in [-0.1, -0.05) is 15.9 Å². The first kappa shape index (κ1) is 14.3. The van der Waals surface area contributed by atoms with Crippen LogP contribution in [0.2, 0.25) is 0 Å². The predicted octanol–water partition coefficient (Wildman–Crippen LogP) is 2.07. The van der Waals surface area contributed by atoms with Crippen LogP contribution in [0.3, 0.4) is 0 Å². The van der Waals surface area contributed by atoms with Gasteiger partial charge in [-0.3, -0.25) is 4.79 Å². The summed E-state index contributed by atoms with van der Waals surface area (Å²) in [6.45, 7) is 1.01. The van der Waals surface area contributed by atoms with E-state index < -0.39 is 0 Å². The van der Waals surface area contributed by atoms with Crippen molar-refractivity contribution in [3.8, 4) is 5.75 Å². The summed E-state index contributed by atoms with van der Waals surface area (Å²) >= 11 is 3.37. The molecule has 1 saturated carbocycles. The van der Waals surface area contributed by atoms with E-state index >= 15 is 0 Å². The fraction of sp³-hybridized carbons (Fsp3) is 0.500. The largest absolute Gasteiger partial charge is 0.492 e. The number of hydrogen-bond donors (Lipinski definition) is 2. The molecule has 4 nitrogen and oxygen atoms in total. The molecule has 1 amide bonds. The Balaban J connectivity index is 1.64. The van der Waals surface area contributed by atoms with Crippen LogP contribution in [0.4, 0.5) is 0 Å². The first-order valence-corrected chi connectivity index (χ1v) is 7.36. The Labute approximate surface area is 121 Å². The monoisotopic (exact) mass is 326 g/mol. The van der Waals surface area contributed by atoms with Crippen LogP contribution in [-0.4, -0.2) is 25.1 Å². The van der Waals surface area contributed by atoms with Crippen molar-refractivity contribution in [3.63, 3.8) is 0 Å². The minimum atomic E-state index is 0.0858. The molecule has 1 fully saturated rings. The van der Waals surface area contributed by atoms with Crippen molar-refractivity contribution in [2.24, 2.45) is 11.7 Å². The second kappa shape index (κ2) is 6.91. The number of nitrogens with one attached hydrogen (secondary N) is 1. The predicted molar refractivity (Wildman–Crippen MR) is 78.0 cm³/mol. The van der Waals surface area contributed by atoms with E-state index in [2.05, 4.69) is 21.2 Å². The highest BCUT2D eigenvalue weighted by Crippen LogP contribution is 2.23. The van der Waals surface area contributed by atoms with E-state index in [-0.39, 0.29) is 17.9 Å². The van der Waals surface area contributed by atoms with Crippen LogP contribution in [-0.2, 0) is 4.79 Å². The molecule has 0 unspecified atom stereocenters. The first-order chi connectivity index (χ1) is 9.15. The zero-order valence-corrected chi connectivity index (χ0v) is 12.4. The summed E-state index contributed by atoms with van der Waals surface area (Å²) in [6, 6.07) is 7.82. The molecule has 0 radical (unpaired) electrons. The van der Waals surface area contributed by atoms with Gasteiger partial charge in [0, 0.05) is 16.4 Å². The van der Waals surface area contributed by atoms with Crippen LogP contribution in [0.5, 0.6) is 5.75 Å². The van der Waals surface area contributed by atoms with Crippen molar-refractivity contribution < 1.29 is 9.53 Å². The van der Waals surface area contributed by atoms with Crippen molar-refractivity contribution >= 4 is 21.8 Å². The van der Waals surface area contributed by atoms with Crippen molar-refractivity contribution in [1.82, 2.24) is 5.32 Å². The fourth-order valence-electron chi connectivity index (χ4n) is 2.27. The zero-order valence-electron chi connectivity index (χ0n) is 10.8. The number of halogens is 1. The third-order valence-electron chi connectivity index (χ3n) is 3.33. The molecule has 3 N–H and O–H groups in total. The highest BCUT2D eigenvalue weighted by Gasteiger charge is 2.27. The van der Waals surface area contributed by atoms with Gasteiger partial charge in [-0.05, 0) is 43.5 Å². The van der Waals surface area contributed by atoms with Crippen molar-refractivity contribution in [1.29, 1.82) is 0 Å². The maximum absolute atomic E-state index is 11.8.